The van der Waals surface area contributed by atoms with Crippen LogP contribution in [0, 0.1) is 30.6 Å². The highest BCUT2D eigenvalue weighted by Crippen LogP contribution is 2.58. The average Bonchev–Trinajstić information content (AvgIpc) is 3.20. The van der Waals surface area contributed by atoms with Gasteiger partial charge in [-0.05, 0) is 25.5 Å². The van der Waals surface area contributed by atoms with Crippen molar-refractivity contribution in [2.24, 2.45) is 23.7 Å². The summed E-state index contributed by atoms with van der Waals surface area (Å²) in [5.41, 5.74) is 1.57. The second-order valence-corrected chi connectivity index (χ2v) is 7.61. The number of carbonyl (C=O) groups is 4. The molecule has 0 N–H and O–H groups in total. The standard InChI is InChI=1S/C20H21NO6/c1-9-4-6-12(7-5-9)21-19(24)15-13-8-14(16(15)20(21)25)18(27-11(3)23)17(13)26-10(2)22/h4-7,13-18H,8H2,1-3H3. The monoisotopic (exact) mass is 371 g/mol. The van der Waals surface area contributed by atoms with Crippen LogP contribution in [0.1, 0.15) is 25.8 Å². The third-order valence-corrected chi connectivity index (χ3v) is 5.93. The summed E-state index contributed by atoms with van der Waals surface area (Å²) in [6.07, 6.45) is -0.843. The van der Waals surface area contributed by atoms with Gasteiger partial charge in [-0.15, -0.1) is 0 Å². The van der Waals surface area contributed by atoms with Crippen LogP contribution < -0.4 is 4.90 Å². The molecule has 7 heteroatoms. The number of fused-ring (bicyclic) bond motifs is 5. The molecule has 3 aliphatic rings. The summed E-state index contributed by atoms with van der Waals surface area (Å²) in [6, 6.07) is 7.20. The lowest BCUT2D eigenvalue weighted by molar-refractivity contribution is -0.175. The fourth-order valence-electron chi connectivity index (χ4n) is 5.03. The van der Waals surface area contributed by atoms with Gasteiger partial charge in [-0.1, -0.05) is 17.7 Å². The number of rotatable bonds is 3. The summed E-state index contributed by atoms with van der Waals surface area (Å²) >= 11 is 0. The molecule has 2 bridgehead atoms. The van der Waals surface area contributed by atoms with E-state index < -0.39 is 36.0 Å². The first-order valence-electron chi connectivity index (χ1n) is 9.08. The lowest BCUT2D eigenvalue weighted by Crippen LogP contribution is -2.47. The van der Waals surface area contributed by atoms with Crippen molar-refractivity contribution in [3.8, 4) is 0 Å². The van der Waals surface area contributed by atoms with Gasteiger partial charge in [0.1, 0.15) is 12.2 Å². The summed E-state index contributed by atoms with van der Waals surface area (Å²) < 4.78 is 10.8. The number of aryl methyl sites for hydroxylation is 1. The SMILES string of the molecule is CC(=O)OC1C2CC(C1OC(C)=O)C1C(=O)N(c3ccc(C)cc3)C(=O)C21. The number of ether oxygens (including phenoxy) is 2. The topological polar surface area (TPSA) is 90.0 Å². The predicted octanol–water partition coefficient (Wildman–Crippen LogP) is 1.61. The minimum Gasteiger partial charge on any atom is -0.458 e. The van der Waals surface area contributed by atoms with E-state index in [0.29, 0.717) is 12.1 Å². The first-order chi connectivity index (χ1) is 12.8. The maximum absolute atomic E-state index is 13.1. The van der Waals surface area contributed by atoms with Crippen molar-refractivity contribution in [1.82, 2.24) is 0 Å². The van der Waals surface area contributed by atoms with Crippen LogP contribution in [0.15, 0.2) is 24.3 Å². The first kappa shape index (κ1) is 17.7. The van der Waals surface area contributed by atoms with Crippen LogP contribution in [0.25, 0.3) is 0 Å². The molecule has 0 spiro atoms. The van der Waals surface area contributed by atoms with Crippen molar-refractivity contribution in [3.05, 3.63) is 29.8 Å². The number of benzene rings is 1. The Hall–Kier alpha value is -2.70. The van der Waals surface area contributed by atoms with Gasteiger partial charge in [0.15, 0.2) is 0 Å². The van der Waals surface area contributed by atoms with Crippen molar-refractivity contribution >= 4 is 29.4 Å². The Morgan fingerprint density at radius 3 is 1.74 bits per heavy atom. The van der Waals surface area contributed by atoms with Crippen molar-refractivity contribution in [2.45, 2.75) is 39.4 Å². The van der Waals surface area contributed by atoms with Crippen molar-refractivity contribution in [2.75, 3.05) is 4.90 Å². The minimum atomic E-state index is -0.688. The second kappa shape index (κ2) is 6.18. The van der Waals surface area contributed by atoms with Crippen LogP contribution in [-0.2, 0) is 28.7 Å². The largest absolute Gasteiger partial charge is 0.458 e. The zero-order chi connectivity index (χ0) is 19.5. The minimum absolute atomic E-state index is 0.264. The molecule has 27 heavy (non-hydrogen) atoms. The van der Waals surface area contributed by atoms with Gasteiger partial charge < -0.3 is 9.47 Å². The van der Waals surface area contributed by atoms with Gasteiger partial charge in [0.2, 0.25) is 11.8 Å². The first-order valence-corrected chi connectivity index (χ1v) is 9.08. The van der Waals surface area contributed by atoms with Crippen molar-refractivity contribution < 1.29 is 28.7 Å². The maximum Gasteiger partial charge on any atom is 0.303 e. The maximum atomic E-state index is 13.1. The molecule has 2 amide bonds. The fourth-order valence-corrected chi connectivity index (χ4v) is 5.03. The van der Waals surface area contributed by atoms with Crippen LogP contribution in [0.2, 0.25) is 0 Å². The van der Waals surface area contributed by atoms with Gasteiger partial charge in [-0.25, -0.2) is 0 Å². The van der Waals surface area contributed by atoms with E-state index >= 15 is 0 Å². The van der Waals surface area contributed by atoms with Crippen LogP contribution in [0.5, 0.6) is 0 Å². The molecule has 1 saturated heterocycles. The van der Waals surface area contributed by atoms with Crippen LogP contribution >= 0.6 is 0 Å². The molecule has 0 radical (unpaired) electrons. The van der Waals surface area contributed by atoms with E-state index in [9.17, 15) is 19.2 Å². The molecule has 6 unspecified atom stereocenters. The van der Waals surface area contributed by atoms with Gasteiger partial charge in [-0.2, -0.15) is 0 Å². The van der Waals surface area contributed by atoms with Crippen LogP contribution in [0.3, 0.4) is 0 Å². The van der Waals surface area contributed by atoms with E-state index in [1.165, 1.54) is 18.7 Å². The Labute approximate surface area is 156 Å². The van der Waals surface area contributed by atoms with E-state index in [1.807, 2.05) is 19.1 Å². The summed E-state index contributed by atoms with van der Waals surface area (Å²) in [5.74, 6) is -3.23. The van der Waals surface area contributed by atoms with Gasteiger partial charge >= 0.3 is 11.9 Å². The van der Waals surface area contributed by atoms with Crippen molar-refractivity contribution in [3.63, 3.8) is 0 Å². The molecule has 1 heterocycles. The number of nitrogens with zero attached hydrogens (tertiary/aromatic N) is 1. The zero-order valence-electron chi connectivity index (χ0n) is 15.4. The number of anilines is 1. The highest BCUT2D eigenvalue weighted by molar-refractivity contribution is 6.22. The number of imide groups is 1. The third kappa shape index (κ3) is 2.64. The third-order valence-electron chi connectivity index (χ3n) is 5.93. The molecule has 4 rings (SSSR count). The highest BCUT2D eigenvalue weighted by Gasteiger charge is 2.69. The molecule has 3 fully saturated rings. The van der Waals surface area contributed by atoms with Crippen molar-refractivity contribution in [1.29, 1.82) is 0 Å². The zero-order valence-corrected chi connectivity index (χ0v) is 15.4. The Balaban J connectivity index is 1.68. The quantitative estimate of drug-likeness (QED) is 0.592. The number of hydrogen-bond donors (Lipinski definition) is 0. The molecule has 1 aliphatic heterocycles. The molecule has 7 nitrogen and oxygen atoms in total. The van der Waals surface area contributed by atoms with Gasteiger partial charge in [0, 0.05) is 25.7 Å². The molecular formula is C20H21NO6. The average molecular weight is 371 g/mol. The van der Waals surface area contributed by atoms with E-state index in [-0.39, 0.29) is 23.7 Å². The highest BCUT2D eigenvalue weighted by atomic mass is 16.6. The van der Waals surface area contributed by atoms with E-state index in [2.05, 4.69) is 0 Å². The molecule has 0 aromatic heterocycles. The van der Waals surface area contributed by atoms with E-state index in [4.69, 9.17) is 9.47 Å². The van der Waals surface area contributed by atoms with Gasteiger partial charge in [0.05, 0.1) is 17.5 Å². The Kier molecular flexibility index (Phi) is 4.05. The molecule has 6 atom stereocenters. The lowest BCUT2D eigenvalue weighted by Gasteiger charge is -2.34. The molecular weight excluding hydrogens is 350 g/mol. The summed E-state index contributed by atoms with van der Waals surface area (Å²) in [6.45, 7) is 4.50. The lowest BCUT2D eigenvalue weighted by atomic mass is 9.78. The fraction of sp³-hybridized carbons (Fsp3) is 0.500. The molecule has 142 valence electrons. The summed E-state index contributed by atoms with van der Waals surface area (Å²) in [5, 5.41) is 0. The number of esters is 2. The Morgan fingerprint density at radius 2 is 1.33 bits per heavy atom. The van der Waals surface area contributed by atoms with Gasteiger partial charge in [-0.3, -0.25) is 24.1 Å². The predicted molar refractivity (Wildman–Crippen MR) is 93.4 cm³/mol. The Morgan fingerprint density at radius 1 is 0.889 bits per heavy atom. The van der Waals surface area contributed by atoms with Gasteiger partial charge in [0.25, 0.3) is 0 Å². The number of amides is 2. The molecule has 1 aromatic carbocycles. The smallest absolute Gasteiger partial charge is 0.303 e. The molecule has 2 aliphatic carbocycles. The van der Waals surface area contributed by atoms with E-state index in [1.54, 1.807) is 12.1 Å². The second-order valence-electron chi connectivity index (χ2n) is 7.61. The van der Waals surface area contributed by atoms with Crippen LogP contribution in [0.4, 0.5) is 5.69 Å². The molecule has 1 aromatic rings. The number of carbonyl (C=O) groups excluding carboxylic acids is 4. The number of hydrogen-bond acceptors (Lipinski definition) is 6. The van der Waals surface area contributed by atoms with Crippen LogP contribution in [-0.4, -0.2) is 36.0 Å². The normalized spacial score (nSPS) is 34.0. The van der Waals surface area contributed by atoms with E-state index in [0.717, 1.165) is 5.56 Å². The molecule has 2 saturated carbocycles. The summed E-state index contributed by atoms with van der Waals surface area (Å²) in [4.78, 5) is 50.5. The summed E-state index contributed by atoms with van der Waals surface area (Å²) in [7, 11) is 0. The Bertz CT molecular complexity index is 785.